The van der Waals surface area contributed by atoms with Gasteiger partial charge in [-0.3, -0.25) is 4.79 Å². The molecule has 0 radical (unpaired) electrons. The van der Waals surface area contributed by atoms with Crippen LogP contribution >= 0.6 is 0 Å². The molecule has 1 aliphatic heterocycles. The molecule has 0 unspecified atom stereocenters. The number of nitrogens with zero attached hydrogens (tertiary/aromatic N) is 3. The fraction of sp³-hybridized carbons (Fsp3) is 0.421. The highest BCUT2D eigenvalue weighted by Gasteiger charge is 2.30. The first-order chi connectivity index (χ1) is 13.3. The van der Waals surface area contributed by atoms with Gasteiger partial charge in [0.25, 0.3) is 5.56 Å². The number of aliphatic hydroxyl groups is 4. The summed E-state index contributed by atoms with van der Waals surface area (Å²) in [5.74, 6) is 0.205. The number of aromatic amines is 1. The van der Waals surface area contributed by atoms with Crippen LogP contribution in [0, 0.1) is 6.92 Å². The maximum atomic E-state index is 12.4. The van der Waals surface area contributed by atoms with E-state index in [-0.39, 0.29) is 23.2 Å². The molecule has 150 valence electrons. The van der Waals surface area contributed by atoms with Crippen LogP contribution in [0.25, 0.3) is 6.58 Å². The van der Waals surface area contributed by atoms with Gasteiger partial charge in [-0.1, -0.05) is 13.5 Å². The highest BCUT2D eigenvalue weighted by molar-refractivity contribution is 5.77. The fourth-order valence-corrected chi connectivity index (χ4v) is 3.28. The molecule has 0 aliphatic carbocycles. The lowest BCUT2D eigenvalue weighted by Gasteiger charge is -2.32. The number of hydrogen-bond donors (Lipinski definition) is 5. The molecule has 1 aromatic heterocycles. The molecule has 9 nitrogen and oxygen atoms in total. The lowest BCUT2D eigenvalue weighted by molar-refractivity contribution is -0.0726. The summed E-state index contributed by atoms with van der Waals surface area (Å²) in [5.41, 5.74) is 2.91. The average molecular weight is 388 g/mol. The molecule has 0 spiro atoms. The van der Waals surface area contributed by atoms with E-state index in [4.69, 9.17) is 5.11 Å². The number of anilines is 2. The van der Waals surface area contributed by atoms with Crippen molar-refractivity contribution in [2.45, 2.75) is 38.6 Å². The van der Waals surface area contributed by atoms with Crippen LogP contribution in [0.15, 0.2) is 21.9 Å². The van der Waals surface area contributed by atoms with Gasteiger partial charge in [-0.05, 0) is 36.6 Å². The number of aromatic nitrogens is 2. The average Bonchev–Trinajstić information content (AvgIpc) is 2.66. The second-order valence-corrected chi connectivity index (χ2v) is 6.84. The van der Waals surface area contributed by atoms with Crippen LogP contribution in [-0.4, -0.2) is 61.9 Å². The topological polar surface area (TPSA) is 142 Å². The van der Waals surface area contributed by atoms with Crippen LogP contribution in [0.1, 0.15) is 18.1 Å². The van der Waals surface area contributed by atoms with Crippen molar-refractivity contribution in [3.63, 3.8) is 0 Å². The van der Waals surface area contributed by atoms with Crippen molar-refractivity contribution in [1.82, 2.24) is 9.97 Å². The van der Waals surface area contributed by atoms with Gasteiger partial charge in [-0.2, -0.15) is 0 Å². The van der Waals surface area contributed by atoms with Crippen molar-refractivity contribution in [3.8, 4) is 0 Å². The molecule has 2 heterocycles. The lowest BCUT2D eigenvalue weighted by Crippen LogP contribution is -2.48. The van der Waals surface area contributed by atoms with Gasteiger partial charge in [0.15, 0.2) is 11.2 Å². The van der Waals surface area contributed by atoms with E-state index in [0.29, 0.717) is 11.4 Å². The lowest BCUT2D eigenvalue weighted by atomic mass is 10.0. The van der Waals surface area contributed by atoms with E-state index < -0.39 is 30.5 Å². The molecule has 3 rings (SSSR count). The summed E-state index contributed by atoms with van der Waals surface area (Å²) >= 11 is 0. The zero-order valence-electron chi connectivity index (χ0n) is 15.8. The minimum absolute atomic E-state index is 0.0768. The quantitative estimate of drug-likeness (QED) is 0.407. The van der Waals surface area contributed by atoms with E-state index in [1.807, 2.05) is 26.0 Å². The second kappa shape index (κ2) is 7.80. The van der Waals surface area contributed by atoms with E-state index in [9.17, 15) is 20.1 Å². The number of aliphatic hydroxyl groups excluding tert-OH is 4. The molecule has 0 saturated carbocycles. The van der Waals surface area contributed by atoms with E-state index in [1.54, 1.807) is 4.90 Å². The maximum absolute atomic E-state index is 12.4. The third kappa shape index (κ3) is 3.57. The monoisotopic (exact) mass is 388 g/mol. The first-order valence-electron chi connectivity index (χ1n) is 9.00. The van der Waals surface area contributed by atoms with E-state index in [1.165, 1.54) is 0 Å². The van der Waals surface area contributed by atoms with Crippen molar-refractivity contribution in [2.75, 3.05) is 18.1 Å². The molecule has 0 saturated heterocycles. The van der Waals surface area contributed by atoms with Crippen LogP contribution < -0.4 is 21.3 Å². The van der Waals surface area contributed by atoms with Gasteiger partial charge in [0, 0.05) is 0 Å². The number of hydrogen-bond acceptors (Lipinski definition) is 8. The highest BCUT2D eigenvalue weighted by atomic mass is 16.4. The Balaban J connectivity index is 2.18. The molecule has 9 heteroatoms. The van der Waals surface area contributed by atoms with Gasteiger partial charge in [0.2, 0.25) is 0 Å². The van der Waals surface area contributed by atoms with Gasteiger partial charge in [0.05, 0.1) is 24.5 Å². The van der Waals surface area contributed by atoms with Gasteiger partial charge < -0.3 is 30.3 Å². The van der Waals surface area contributed by atoms with E-state index >= 15 is 0 Å². The molecule has 2 aromatic rings. The zero-order chi connectivity index (χ0) is 20.6. The Hall–Kier alpha value is -2.59. The normalized spacial score (nSPS) is 16.0. The standard InChI is InChI=1S/C19H24N4O5/c1-4-11-6-13-12(5-9(11)2)22-16-18(20-10(3)21-19(16)28)23(13)7-14(25)17(27)15(26)8-24/h5-6,14-15,17,24-27H,3-4,7-8H2,1-2H3,(H,21,28)/t14-,15+,17-/m0/s1. The van der Waals surface area contributed by atoms with Gasteiger partial charge >= 0.3 is 0 Å². The summed E-state index contributed by atoms with van der Waals surface area (Å²) in [6.45, 7) is 6.76. The van der Waals surface area contributed by atoms with Crippen LogP contribution in [0.4, 0.5) is 17.2 Å². The summed E-state index contributed by atoms with van der Waals surface area (Å²) in [7, 11) is 0. The summed E-state index contributed by atoms with van der Waals surface area (Å²) < 4.78 is 0. The third-order valence-corrected chi connectivity index (χ3v) is 4.86. The Labute approximate surface area is 161 Å². The van der Waals surface area contributed by atoms with Gasteiger partial charge in [-0.25, -0.2) is 9.98 Å². The Morgan fingerprint density at radius 3 is 2.61 bits per heavy atom. The van der Waals surface area contributed by atoms with Crippen molar-refractivity contribution in [2.24, 2.45) is 4.99 Å². The number of nitrogens with one attached hydrogen (secondary N) is 1. The predicted octanol–water partition coefficient (Wildman–Crippen LogP) is -1.47. The van der Waals surface area contributed by atoms with Crippen LogP contribution in [0.5, 0.6) is 0 Å². The summed E-state index contributed by atoms with van der Waals surface area (Å²) in [6, 6.07) is 3.76. The predicted molar refractivity (Wildman–Crippen MR) is 103 cm³/mol. The number of fused-ring (bicyclic) bond motifs is 2. The number of benzene rings is 1. The zero-order valence-corrected chi connectivity index (χ0v) is 15.8. The molecular formula is C19H24N4O5. The Kier molecular flexibility index (Phi) is 5.61. The number of aryl methyl sites for hydroxylation is 2. The van der Waals surface area contributed by atoms with Crippen molar-refractivity contribution >= 4 is 23.8 Å². The van der Waals surface area contributed by atoms with Crippen LogP contribution in [0.3, 0.4) is 0 Å². The Morgan fingerprint density at radius 1 is 1.25 bits per heavy atom. The number of H-pyrrole nitrogens is 1. The van der Waals surface area contributed by atoms with Crippen molar-refractivity contribution < 1.29 is 20.4 Å². The Morgan fingerprint density at radius 2 is 1.96 bits per heavy atom. The van der Waals surface area contributed by atoms with Crippen LogP contribution in [0.2, 0.25) is 0 Å². The minimum Gasteiger partial charge on any atom is -0.394 e. The van der Waals surface area contributed by atoms with Crippen molar-refractivity contribution in [1.29, 1.82) is 0 Å². The summed E-state index contributed by atoms with van der Waals surface area (Å²) in [6.07, 6.45) is -3.71. The molecule has 0 bridgehead atoms. The molecule has 28 heavy (non-hydrogen) atoms. The molecule has 3 atom stereocenters. The molecular weight excluding hydrogens is 364 g/mol. The number of β-amino-alcohol motifs (C(OH)–C–C–N with tert-alkyl or cyclic N) is 1. The van der Waals surface area contributed by atoms with Crippen molar-refractivity contribution in [3.05, 3.63) is 44.5 Å². The molecule has 5 N–H and O–H groups in total. The van der Waals surface area contributed by atoms with Gasteiger partial charge in [0.1, 0.15) is 23.8 Å². The SMILES string of the molecule is C=c1nc2c(c(=O)[nH]1)=Nc1cc(C)c(CC)cc1N2C[C@H](O)[C@H](O)[C@H](O)CO. The van der Waals surface area contributed by atoms with E-state index in [0.717, 1.165) is 17.5 Å². The molecule has 1 aliphatic rings. The van der Waals surface area contributed by atoms with Gasteiger partial charge in [-0.15, -0.1) is 0 Å². The largest absolute Gasteiger partial charge is 0.394 e. The molecule has 0 fully saturated rings. The van der Waals surface area contributed by atoms with E-state index in [2.05, 4.69) is 21.5 Å². The fourth-order valence-electron chi connectivity index (χ4n) is 3.28. The number of rotatable bonds is 6. The first-order valence-corrected chi connectivity index (χ1v) is 9.00. The third-order valence-electron chi connectivity index (χ3n) is 4.86. The maximum Gasteiger partial charge on any atom is 0.279 e. The first kappa shape index (κ1) is 20.2. The second-order valence-electron chi connectivity index (χ2n) is 6.84. The molecule has 1 aromatic carbocycles. The summed E-state index contributed by atoms with van der Waals surface area (Å²) in [5, 5.41) is 39.2. The molecule has 0 amide bonds. The van der Waals surface area contributed by atoms with Crippen LogP contribution in [-0.2, 0) is 6.42 Å². The Bertz CT molecular complexity index is 1050. The summed E-state index contributed by atoms with van der Waals surface area (Å²) in [4.78, 5) is 25.2. The smallest absolute Gasteiger partial charge is 0.279 e. The minimum atomic E-state index is -1.58. The highest BCUT2D eigenvalue weighted by Crippen LogP contribution is 2.37.